The Morgan fingerprint density at radius 3 is 2.74 bits per heavy atom. The molecule has 1 fully saturated rings. The lowest BCUT2D eigenvalue weighted by molar-refractivity contribution is -0.149. The van der Waals surface area contributed by atoms with Gasteiger partial charge in [-0.1, -0.05) is 0 Å². The van der Waals surface area contributed by atoms with Crippen LogP contribution in [-0.2, 0) is 19.9 Å². The molecule has 23 heavy (non-hydrogen) atoms. The van der Waals surface area contributed by atoms with E-state index in [9.17, 15) is 9.59 Å². The molecule has 0 aromatic carbocycles. The number of halogens is 1. The van der Waals surface area contributed by atoms with Gasteiger partial charge in [0.15, 0.2) is 0 Å². The van der Waals surface area contributed by atoms with Crippen LogP contribution in [0.5, 0.6) is 0 Å². The maximum absolute atomic E-state index is 12.2. The fourth-order valence-electron chi connectivity index (χ4n) is 2.28. The first-order valence-electron chi connectivity index (χ1n) is 7.06. The highest BCUT2D eigenvalue weighted by molar-refractivity contribution is 9.10. The topological polar surface area (TPSA) is 89.0 Å². The molecular formula is C14H19BrN2O5S. The van der Waals surface area contributed by atoms with Crippen molar-refractivity contribution in [3.8, 4) is 0 Å². The van der Waals surface area contributed by atoms with Gasteiger partial charge < -0.3 is 19.5 Å². The second-order valence-electron chi connectivity index (χ2n) is 6.30. The predicted octanol–water partition coefficient (Wildman–Crippen LogP) is 2.84. The third kappa shape index (κ3) is 4.65. The maximum Gasteiger partial charge on any atom is 0.410 e. The van der Waals surface area contributed by atoms with Crippen molar-refractivity contribution in [1.29, 1.82) is 0 Å². The molecule has 2 heterocycles. The van der Waals surface area contributed by atoms with Gasteiger partial charge in [0.2, 0.25) is 0 Å². The molecular weight excluding hydrogens is 388 g/mol. The van der Waals surface area contributed by atoms with Crippen molar-refractivity contribution in [2.24, 2.45) is 0 Å². The number of carboxylic acids is 1. The number of carbonyl (C=O) groups excluding carboxylic acids is 1. The fourth-order valence-corrected chi connectivity index (χ4v) is 3.71. The van der Waals surface area contributed by atoms with Crippen molar-refractivity contribution < 1.29 is 24.2 Å². The lowest BCUT2D eigenvalue weighted by Crippen LogP contribution is -2.40. The van der Waals surface area contributed by atoms with Gasteiger partial charge >= 0.3 is 12.1 Å². The zero-order valence-corrected chi connectivity index (χ0v) is 15.6. The highest BCUT2D eigenvalue weighted by Gasteiger charge is 2.46. The number of ether oxygens (including phenoxy) is 2. The van der Waals surface area contributed by atoms with Gasteiger partial charge in [0.25, 0.3) is 0 Å². The normalized spacial score (nSPS) is 21.5. The summed E-state index contributed by atoms with van der Waals surface area (Å²) in [7, 11) is 0. The number of aliphatic carboxylic acids is 1. The zero-order valence-electron chi connectivity index (χ0n) is 13.2. The van der Waals surface area contributed by atoms with Crippen LogP contribution in [0.1, 0.15) is 32.2 Å². The molecule has 0 aliphatic carbocycles. The summed E-state index contributed by atoms with van der Waals surface area (Å²) in [5, 5.41) is 11.4. The SMILES string of the molecule is CC(C)(C)OC(=O)N1CCC(OCC(=O)O)(c2nc(Br)cs2)C1. The Bertz CT molecular complexity index is 600. The summed E-state index contributed by atoms with van der Waals surface area (Å²) in [4.78, 5) is 29.0. The maximum atomic E-state index is 12.2. The van der Waals surface area contributed by atoms with Gasteiger partial charge in [-0.15, -0.1) is 11.3 Å². The van der Waals surface area contributed by atoms with E-state index in [-0.39, 0.29) is 6.54 Å². The van der Waals surface area contributed by atoms with Crippen molar-refractivity contribution >= 4 is 39.3 Å². The molecule has 1 aliphatic rings. The number of aromatic nitrogens is 1. The quantitative estimate of drug-likeness (QED) is 0.826. The molecule has 1 aromatic heterocycles. The lowest BCUT2D eigenvalue weighted by atomic mass is 10.0. The first kappa shape index (κ1) is 18.2. The molecule has 1 atom stereocenters. The monoisotopic (exact) mass is 406 g/mol. The standard InChI is InChI=1S/C14H19BrN2O5S/c1-13(2,3)22-12(20)17-5-4-14(8-17,21-6-10(18)19)11-16-9(15)7-23-11/h7H,4-6,8H2,1-3H3,(H,18,19). The van der Waals surface area contributed by atoms with E-state index in [0.717, 1.165) is 0 Å². The van der Waals surface area contributed by atoms with Crippen LogP contribution in [0.25, 0.3) is 0 Å². The number of amides is 1. The number of carboxylic acid groups (broad SMARTS) is 1. The highest BCUT2D eigenvalue weighted by atomic mass is 79.9. The summed E-state index contributed by atoms with van der Waals surface area (Å²) >= 11 is 4.66. The smallest absolute Gasteiger partial charge is 0.410 e. The van der Waals surface area contributed by atoms with E-state index >= 15 is 0 Å². The van der Waals surface area contributed by atoms with Crippen LogP contribution in [0.15, 0.2) is 9.98 Å². The molecule has 128 valence electrons. The van der Waals surface area contributed by atoms with Crippen molar-refractivity contribution in [2.75, 3.05) is 19.7 Å². The molecule has 1 aromatic rings. The molecule has 0 spiro atoms. The van der Waals surface area contributed by atoms with Crippen LogP contribution in [0, 0.1) is 0 Å². The van der Waals surface area contributed by atoms with E-state index < -0.39 is 29.9 Å². The molecule has 1 unspecified atom stereocenters. The predicted molar refractivity (Wildman–Crippen MR) is 87.5 cm³/mol. The summed E-state index contributed by atoms with van der Waals surface area (Å²) in [5.41, 5.74) is -1.50. The van der Waals surface area contributed by atoms with Crippen LogP contribution in [0.4, 0.5) is 4.79 Å². The van der Waals surface area contributed by atoms with Gasteiger partial charge in [0, 0.05) is 18.3 Å². The van der Waals surface area contributed by atoms with E-state index in [1.807, 2.05) is 0 Å². The molecule has 1 N–H and O–H groups in total. The second-order valence-corrected chi connectivity index (χ2v) is 7.97. The molecule has 0 saturated carbocycles. The average Bonchev–Trinajstić information content (AvgIpc) is 3.02. The molecule has 7 nitrogen and oxygen atoms in total. The molecule has 1 aliphatic heterocycles. The van der Waals surface area contributed by atoms with E-state index in [2.05, 4.69) is 20.9 Å². The number of hydrogen-bond donors (Lipinski definition) is 1. The molecule has 1 amide bonds. The molecule has 9 heteroatoms. The summed E-state index contributed by atoms with van der Waals surface area (Å²) < 4.78 is 11.7. The number of nitrogens with zero attached hydrogens (tertiary/aromatic N) is 2. The third-order valence-corrected chi connectivity index (χ3v) is 4.96. The Kier molecular flexibility index (Phi) is 5.32. The van der Waals surface area contributed by atoms with Crippen molar-refractivity contribution in [3.63, 3.8) is 0 Å². The molecule has 2 rings (SSSR count). The average molecular weight is 407 g/mol. The van der Waals surface area contributed by atoms with Crippen LogP contribution in [-0.4, -0.2) is 52.4 Å². The minimum absolute atomic E-state index is 0.217. The number of rotatable bonds is 4. The largest absolute Gasteiger partial charge is 0.480 e. The van der Waals surface area contributed by atoms with Crippen LogP contribution >= 0.6 is 27.3 Å². The van der Waals surface area contributed by atoms with Crippen molar-refractivity contribution in [3.05, 3.63) is 15.0 Å². The summed E-state index contributed by atoms with van der Waals surface area (Å²) in [6, 6.07) is 0. The van der Waals surface area contributed by atoms with Gasteiger partial charge in [0.05, 0.1) is 6.54 Å². The third-order valence-electron chi connectivity index (χ3n) is 3.22. The Labute approximate surface area is 146 Å². The second kappa shape index (κ2) is 6.74. The minimum atomic E-state index is -1.06. The summed E-state index contributed by atoms with van der Waals surface area (Å²) in [5.74, 6) is -1.06. The van der Waals surface area contributed by atoms with E-state index in [1.54, 1.807) is 26.2 Å². The highest BCUT2D eigenvalue weighted by Crippen LogP contribution is 2.38. The fraction of sp³-hybridized carbons (Fsp3) is 0.643. The van der Waals surface area contributed by atoms with Gasteiger partial charge in [-0.2, -0.15) is 0 Å². The van der Waals surface area contributed by atoms with E-state index in [4.69, 9.17) is 14.6 Å². The molecule has 1 saturated heterocycles. The number of likely N-dealkylation sites (tertiary alicyclic amines) is 1. The number of carbonyl (C=O) groups is 2. The first-order chi connectivity index (χ1) is 10.6. The van der Waals surface area contributed by atoms with E-state index in [1.165, 1.54) is 16.2 Å². The Hall–Kier alpha value is -1.19. The van der Waals surface area contributed by atoms with Crippen molar-refractivity contribution in [1.82, 2.24) is 9.88 Å². The van der Waals surface area contributed by atoms with Gasteiger partial charge in [-0.05, 0) is 36.7 Å². The van der Waals surface area contributed by atoms with Crippen LogP contribution in [0.3, 0.4) is 0 Å². The van der Waals surface area contributed by atoms with Gasteiger partial charge in [0.1, 0.15) is 27.4 Å². The van der Waals surface area contributed by atoms with Crippen LogP contribution in [0.2, 0.25) is 0 Å². The van der Waals surface area contributed by atoms with Crippen molar-refractivity contribution in [2.45, 2.75) is 38.4 Å². The molecule has 0 bridgehead atoms. The number of thiazole rings is 1. The number of hydrogen-bond acceptors (Lipinski definition) is 6. The van der Waals surface area contributed by atoms with Crippen LogP contribution < -0.4 is 0 Å². The minimum Gasteiger partial charge on any atom is -0.480 e. The lowest BCUT2D eigenvalue weighted by Gasteiger charge is -2.28. The first-order valence-corrected chi connectivity index (χ1v) is 8.74. The summed E-state index contributed by atoms with van der Waals surface area (Å²) in [6.07, 6.45) is 0.0355. The van der Waals surface area contributed by atoms with Gasteiger partial charge in [-0.25, -0.2) is 14.6 Å². The Morgan fingerprint density at radius 2 is 2.22 bits per heavy atom. The Balaban J connectivity index is 2.17. The zero-order chi connectivity index (χ0) is 17.3. The Morgan fingerprint density at radius 1 is 1.52 bits per heavy atom. The summed E-state index contributed by atoms with van der Waals surface area (Å²) in [6.45, 7) is 5.59. The molecule has 0 radical (unpaired) electrons. The van der Waals surface area contributed by atoms with Gasteiger partial charge in [-0.3, -0.25) is 0 Å². The van der Waals surface area contributed by atoms with E-state index in [0.29, 0.717) is 22.6 Å².